The number of thiazole rings is 2. The average Bonchev–Trinajstić information content (AvgIpc) is 3.93. The Hall–Kier alpha value is -6.84. The van der Waals surface area contributed by atoms with E-state index in [-0.39, 0.29) is 12.0 Å². The number of nitrogens with zero attached hydrogens (tertiary/aromatic N) is 9. The van der Waals surface area contributed by atoms with E-state index in [0.717, 1.165) is 43.3 Å². The van der Waals surface area contributed by atoms with Gasteiger partial charge in [-0.15, -0.1) is 22.7 Å². The van der Waals surface area contributed by atoms with Crippen LogP contribution in [0.15, 0.2) is 122 Å². The van der Waals surface area contributed by atoms with E-state index in [2.05, 4.69) is 71.2 Å². The van der Waals surface area contributed by atoms with Gasteiger partial charge < -0.3 is 14.2 Å². The average molecular weight is 830 g/mol. The molecule has 14 heteroatoms. The fourth-order valence-electron chi connectivity index (χ4n) is 6.68. The number of likely N-dealkylation sites (tertiary alicyclic amines) is 1. The molecule has 2 atom stereocenters. The summed E-state index contributed by atoms with van der Waals surface area (Å²) >= 11 is 3.01. The topological polar surface area (TPSA) is 156 Å². The molecule has 60 heavy (non-hydrogen) atoms. The summed E-state index contributed by atoms with van der Waals surface area (Å²) in [5.74, 6) is 0.185. The smallest absolute Gasteiger partial charge is 0.322 e. The molecule has 9 rings (SSSR count). The van der Waals surface area contributed by atoms with Crippen LogP contribution in [0.25, 0.3) is 20.4 Å². The maximum absolute atomic E-state index is 9.81. The molecule has 4 aromatic carbocycles. The minimum Gasteiger partial charge on any atom is -0.497 e. The lowest BCUT2D eigenvalue weighted by Crippen LogP contribution is -2.29. The van der Waals surface area contributed by atoms with Crippen molar-refractivity contribution in [2.24, 2.45) is 0 Å². The summed E-state index contributed by atoms with van der Waals surface area (Å²) in [6, 6.07) is 39.9. The summed E-state index contributed by atoms with van der Waals surface area (Å²) in [5, 5.41) is 20.9. The molecule has 8 aromatic rings. The van der Waals surface area contributed by atoms with Crippen LogP contribution in [0.4, 0.5) is 0 Å². The van der Waals surface area contributed by atoms with Gasteiger partial charge in [0.25, 0.3) is 0 Å². The molecule has 5 heterocycles. The van der Waals surface area contributed by atoms with E-state index < -0.39 is 11.8 Å². The molecule has 0 N–H and O–H groups in total. The van der Waals surface area contributed by atoms with Gasteiger partial charge in [-0.25, -0.2) is 19.9 Å². The molecular weight excluding hydrogens is 791 g/mol. The number of rotatable bonds is 12. The number of hydrogen-bond acceptors (Lipinski definition) is 14. The molecule has 298 valence electrons. The molecule has 0 saturated carbocycles. The highest BCUT2D eigenvalue weighted by Crippen LogP contribution is 2.33. The Morgan fingerprint density at radius 3 is 1.72 bits per heavy atom. The molecule has 1 fully saturated rings. The number of methoxy groups -OCH3 is 1. The number of para-hydroxylation sites is 2. The van der Waals surface area contributed by atoms with Gasteiger partial charge in [0.2, 0.25) is 0 Å². The van der Waals surface area contributed by atoms with Crippen molar-refractivity contribution in [1.29, 1.82) is 10.5 Å². The molecule has 0 amide bonds. The van der Waals surface area contributed by atoms with Crippen molar-refractivity contribution in [3.63, 3.8) is 0 Å². The summed E-state index contributed by atoms with van der Waals surface area (Å²) in [4.78, 5) is 29.0. The second-order valence-corrected chi connectivity index (χ2v) is 16.0. The van der Waals surface area contributed by atoms with Crippen LogP contribution in [0.3, 0.4) is 0 Å². The molecular formula is C46H39N9O3S2. The monoisotopic (exact) mass is 829 g/mol. The number of nitriles is 2. The highest BCUT2D eigenvalue weighted by molar-refractivity contribution is 7.19. The zero-order valence-electron chi connectivity index (χ0n) is 32.7. The summed E-state index contributed by atoms with van der Waals surface area (Å²) < 4.78 is 18.8. The molecule has 0 radical (unpaired) electrons. The number of hydrogen-bond donors (Lipinski definition) is 0. The highest BCUT2D eigenvalue weighted by Gasteiger charge is 2.22. The predicted molar refractivity (Wildman–Crippen MR) is 231 cm³/mol. The third kappa shape index (κ3) is 9.88. The predicted octanol–water partition coefficient (Wildman–Crippen LogP) is 9.85. The van der Waals surface area contributed by atoms with E-state index in [1.54, 1.807) is 55.9 Å². The van der Waals surface area contributed by atoms with Crippen LogP contribution >= 0.6 is 22.7 Å². The third-order valence-electron chi connectivity index (χ3n) is 9.79. The summed E-state index contributed by atoms with van der Waals surface area (Å²) in [7, 11) is 1.60. The molecule has 12 nitrogen and oxygen atoms in total. The first-order valence-corrected chi connectivity index (χ1v) is 21.1. The lowest BCUT2D eigenvalue weighted by Gasteiger charge is -2.26. The third-order valence-corrected chi connectivity index (χ3v) is 12.0. The Morgan fingerprint density at radius 1 is 0.617 bits per heavy atom. The summed E-state index contributed by atoms with van der Waals surface area (Å²) in [5.41, 5.74) is 5.31. The number of benzene rings is 4. The van der Waals surface area contributed by atoms with Gasteiger partial charge >= 0.3 is 12.0 Å². The maximum Gasteiger partial charge on any atom is 0.322 e. The van der Waals surface area contributed by atoms with Gasteiger partial charge in [-0.2, -0.15) is 20.5 Å². The number of aromatic nitrogens is 6. The molecule has 0 bridgehead atoms. The van der Waals surface area contributed by atoms with Gasteiger partial charge in [0.15, 0.2) is 0 Å². The zero-order valence-corrected chi connectivity index (χ0v) is 34.4. The van der Waals surface area contributed by atoms with Crippen molar-refractivity contribution in [3.05, 3.63) is 154 Å². The fraction of sp³-hybridized carbons (Fsp3) is 0.217. The van der Waals surface area contributed by atoms with Crippen LogP contribution in [0.5, 0.6) is 23.5 Å². The van der Waals surface area contributed by atoms with Crippen molar-refractivity contribution < 1.29 is 14.2 Å². The van der Waals surface area contributed by atoms with Gasteiger partial charge in [-0.3, -0.25) is 4.90 Å². The minimum absolute atomic E-state index is 0.180. The first-order chi connectivity index (χ1) is 29.5. The first kappa shape index (κ1) is 40.0. The van der Waals surface area contributed by atoms with Crippen LogP contribution in [-0.4, -0.2) is 55.0 Å². The Bertz CT molecular complexity index is 2690. The molecule has 0 aliphatic carbocycles. The fourth-order valence-corrected chi connectivity index (χ4v) is 8.74. The molecule has 1 saturated heterocycles. The number of fused-ring (bicyclic) bond motifs is 2. The standard InChI is InChI=1S/C26H25N5OS.C20H14N4O2S/c27-16-21(25-29-23-6-2-3-7-24(23)33-25)22-12-13-28-26(30-22)32-18-20-10-8-19(9-11-20)17-31-14-4-1-5-15-31;1-25-13-6-8-14(9-7-13)26-20-22-11-10-16(24-20)15(12-21)19-23-17-4-2-3-5-18(17)27-19/h2-3,6-13,21H,1,4-5,14-15,17-18H2;2-11,15H,1H3. The Kier molecular flexibility index (Phi) is 12.8. The normalized spacial score (nSPS) is 13.7. The van der Waals surface area contributed by atoms with Crippen molar-refractivity contribution in [2.75, 3.05) is 20.2 Å². The second kappa shape index (κ2) is 19.3. The van der Waals surface area contributed by atoms with E-state index in [4.69, 9.17) is 14.2 Å². The van der Waals surface area contributed by atoms with Crippen molar-refractivity contribution in [3.8, 4) is 35.7 Å². The first-order valence-electron chi connectivity index (χ1n) is 19.5. The lowest BCUT2D eigenvalue weighted by atomic mass is 10.1. The molecule has 2 unspecified atom stereocenters. The van der Waals surface area contributed by atoms with Crippen molar-refractivity contribution in [2.45, 2.75) is 44.2 Å². The summed E-state index contributed by atoms with van der Waals surface area (Å²) in [6.45, 7) is 3.78. The highest BCUT2D eigenvalue weighted by atomic mass is 32.1. The molecule has 1 aliphatic heterocycles. The lowest BCUT2D eigenvalue weighted by molar-refractivity contribution is 0.221. The van der Waals surface area contributed by atoms with Crippen LogP contribution in [-0.2, 0) is 13.2 Å². The Labute approximate surface area is 355 Å². The van der Waals surface area contributed by atoms with Crippen molar-refractivity contribution >= 4 is 43.1 Å². The van der Waals surface area contributed by atoms with E-state index in [1.165, 1.54) is 60.6 Å². The zero-order chi connectivity index (χ0) is 41.1. The molecule has 4 aromatic heterocycles. The quantitative estimate of drug-likeness (QED) is 0.115. The number of piperidine rings is 1. The second-order valence-electron chi connectivity index (χ2n) is 13.9. The Balaban J connectivity index is 0.000000170. The van der Waals surface area contributed by atoms with E-state index >= 15 is 0 Å². The van der Waals surface area contributed by atoms with Gasteiger partial charge in [-0.05, 0) is 97.7 Å². The van der Waals surface area contributed by atoms with E-state index in [0.29, 0.717) is 28.8 Å². The largest absolute Gasteiger partial charge is 0.497 e. The van der Waals surface area contributed by atoms with Gasteiger partial charge in [-0.1, -0.05) is 55.0 Å². The minimum atomic E-state index is -0.580. The van der Waals surface area contributed by atoms with E-state index in [1.807, 2.05) is 48.5 Å². The van der Waals surface area contributed by atoms with Crippen LogP contribution in [0.2, 0.25) is 0 Å². The molecule has 1 aliphatic rings. The number of ether oxygens (including phenoxy) is 3. The van der Waals surface area contributed by atoms with Crippen LogP contribution < -0.4 is 14.2 Å². The van der Waals surface area contributed by atoms with Gasteiger partial charge in [0, 0.05) is 18.9 Å². The Morgan fingerprint density at radius 2 is 1.15 bits per heavy atom. The van der Waals surface area contributed by atoms with Gasteiger partial charge in [0.05, 0.1) is 51.1 Å². The summed E-state index contributed by atoms with van der Waals surface area (Å²) in [6.07, 6.45) is 7.18. The van der Waals surface area contributed by atoms with Gasteiger partial charge in [0.1, 0.15) is 40.0 Å². The maximum atomic E-state index is 9.81. The SMILES string of the molecule is COc1ccc(Oc2nccc(C(C#N)c3nc4ccccc4s3)n2)cc1.N#CC(c1ccnc(OCc2ccc(CN3CCCCC3)cc2)n1)c1nc2ccccc2s1. The molecule has 0 spiro atoms. The van der Waals surface area contributed by atoms with Crippen LogP contribution in [0, 0.1) is 22.7 Å². The van der Waals surface area contributed by atoms with E-state index in [9.17, 15) is 10.5 Å². The van der Waals surface area contributed by atoms with Crippen LogP contribution in [0.1, 0.15) is 63.6 Å². The van der Waals surface area contributed by atoms with Crippen molar-refractivity contribution in [1.82, 2.24) is 34.8 Å².